The van der Waals surface area contributed by atoms with Crippen LogP contribution in [0.4, 0.5) is 0 Å². The van der Waals surface area contributed by atoms with Crippen LogP contribution in [0.1, 0.15) is 71.5 Å². The molecule has 10 heteroatoms. The zero-order valence-corrected chi connectivity index (χ0v) is 22.9. The highest BCUT2D eigenvalue weighted by atomic mass is 32.1. The summed E-state index contributed by atoms with van der Waals surface area (Å²) >= 11 is 1.36. The van der Waals surface area contributed by atoms with E-state index in [0.29, 0.717) is 22.0 Å². The largest absolute Gasteiger partial charge is 0.496 e. The number of hydrogen-bond acceptors (Lipinski definition) is 8. The number of carbonyl (C=O) groups is 2. The van der Waals surface area contributed by atoms with E-state index in [9.17, 15) is 14.7 Å². The highest BCUT2D eigenvalue weighted by Gasteiger charge is 2.62. The second-order valence-corrected chi connectivity index (χ2v) is 11.4. The van der Waals surface area contributed by atoms with Crippen molar-refractivity contribution in [2.24, 2.45) is 0 Å². The molecule has 0 unspecified atom stereocenters. The van der Waals surface area contributed by atoms with E-state index in [1.54, 1.807) is 62.2 Å². The molecule has 1 saturated heterocycles. The average Bonchev–Trinajstić information content (AvgIpc) is 3.60. The monoisotopic (exact) mass is 543 g/mol. The number of hydrogen-bond donors (Lipinski definition) is 1. The quantitative estimate of drug-likeness (QED) is 0.362. The molecule has 3 atom stereocenters. The Morgan fingerprint density at radius 3 is 2.49 bits per heavy atom. The summed E-state index contributed by atoms with van der Waals surface area (Å²) in [6, 6.07) is 9.65. The van der Waals surface area contributed by atoms with Gasteiger partial charge in [-0.1, -0.05) is 32.9 Å². The van der Waals surface area contributed by atoms with Crippen molar-refractivity contribution in [3.63, 3.8) is 0 Å². The van der Waals surface area contributed by atoms with Crippen LogP contribution in [0.5, 0.6) is 5.75 Å². The number of likely N-dealkylation sites (tertiary alicyclic amines) is 1. The number of rotatable bonds is 6. The SMILES string of the molecule is COc1cc(C(=O)N2[C@@H](c3nccs3)[C@H](c3cnccn3)C[C@]2(C(=O)O)c2ccccn2)ccc1C(C)(C)C. The fraction of sp³-hybridized carbons (Fsp3) is 0.310. The Hall–Kier alpha value is -4.18. The Bertz CT molecular complexity index is 1470. The van der Waals surface area contributed by atoms with E-state index in [1.807, 2.05) is 11.4 Å². The minimum Gasteiger partial charge on any atom is -0.496 e. The summed E-state index contributed by atoms with van der Waals surface area (Å²) in [7, 11) is 1.56. The van der Waals surface area contributed by atoms with E-state index in [1.165, 1.54) is 22.4 Å². The van der Waals surface area contributed by atoms with Crippen LogP contribution in [0.25, 0.3) is 0 Å². The van der Waals surface area contributed by atoms with E-state index < -0.39 is 29.4 Å². The smallest absolute Gasteiger partial charge is 0.336 e. The fourth-order valence-corrected chi connectivity index (χ4v) is 6.19. The van der Waals surface area contributed by atoms with Crippen molar-refractivity contribution in [2.45, 2.75) is 50.1 Å². The van der Waals surface area contributed by atoms with Crippen molar-refractivity contribution >= 4 is 23.2 Å². The van der Waals surface area contributed by atoms with Gasteiger partial charge in [0.1, 0.15) is 10.8 Å². The van der Waals surface area contributed by atoms with Gasteiger partial charge in [0.15, 0.2) is 5.54 Å². The zero-order valence-electron chi connectivity index (χ0n) is 22.1. The molecular formula is C29H29N5O4S. The molecule has 0 saturated carbocycles. The summed E-state index contributed by atoms with van der Waals surface area (Å²) in [6.07, 6.45) is 7.98. The third-order valence-electron chi connectivity index (χ3n) is 7.17. The van der Waals surface area contributed by atoms with Gasteiger partial charge >= 0.3 is 5.97 Å². The zero-order chi connectivity index (χ0) is 27.8. The molecule has 1 aliphatic heterocycles. The Kier molecular flexibility index (Phi) is 6.90. The molecule has 1 fully saturated rings. The molecule has 1 aromatic carbocycles. The Balaban J connectivity index is 1.76. The summed E-state index contributed by atoms with van der Waals surface area (Å²) < 4.78 is 5.67. The number of thiazole rings is 1. The average molecular weight is 544 g/mol. The van der Waals surface area contributed by atoms with E-state index in [-0.39, 0.29) is 17.5 Å². The number of carboxylic acid groups (broad SMARTS) is 1. The molecule has 1 N–H and O–H groups in total. The molecule has 4 aromatic rings. The van der Waals surface area contributed by atoms with Crippen molar-refractivity contribution in [3.8, 4) is 5.75 Å². The van der Waals surface area contributed by atoms with E-state index in [0.717, 1.165) is 5.56 Å². The first-order chi connectivity index (χ1) is 18.7. The van der Waals surface area contributed by atoms with Crippen LogP contribution in [0.2, 0.25) is 0 Å². The summed E-state index contributed by atoms with van der Waals surface area (Å²) in [6.45, 7) is 6.19. The standard InChI is InChI=1S/C29H29N5O4S/c1-28(2,3)20-9-8-18(15-22(20)38-4)26(35)34-24(25-33-13-14-39-25)19(21-17-30-11-12-31-21)16-29(34,27(36)37)23-7-5-6-10-32-23/h5-15,17,19,24H,16H2,1-4H3,(H,36,37)/t19-,24+,29+/m0/s1. The lowest BCUT2D eigenvalue weighted by molar-refractivity contribution is -0.150. The van der Waals surface area contributed by atoms with Gasteiger partial charge in [-0.2, -0.15) is 0 Å². The van der Waals surface area contributed by atoms with Gasteiger partial charge in [0.2, 0.25) is 0 Å². The number of methoxy groups -OCH3 is 1. The molecule has 1 aliphatic rings. The van der Waals surface area contributed by atoms with Crippen LogP contribution in [-0.4, -0.2) is 48.9 Å². The summed E-state index contributed by atoms with van der Waals surface area (Å²) in [5.41, 5.74) is 0.0771. The van der Waals surface area contributed by atoms with Gasteiger partial charge in [-0.15, -0.1) is 11.3 Å². The van der Waals surface area contributed by atoms with Gasteiger partial charge in [-0.25, -0.2) is 9.78 Å². The van der Waals surface area contributed by atoms with Gasteiger partial charge in [-0.3, -0.25) is 19.7 Å². The summed E-state index contributed by atoms with van der Waals surface area (Å²) in [5.74, 6) is -1.58. The Labute approximate surface area is 230 Å². The van der Waals surface area contributed by atoms with Crippen molar-refractivity contribution in [1.82, 2.24) is 24.8 Å². The fourth-order valence-electron chi connectivity index (χ4n) is 5.40. The Morgan fingerprint density at radius 1 is 1.08 bits per heavy atom. The van der Waals surface area contributed by atoms with Crippen molar-refractivity contribution in [1.29, 1.82) is 0 Å². The minimum absolute atomic E-state index is 0.0469. The van der Waals surface area contributed by atoms with Crippen molar-refractivity contribution < 1.29 is 19.4 Å². The summed E-state index contributed by atoms with van der Waals surface area (Å²) in [5, 5.41) is 13.3. The predicted octanol–water partition coefficient (Wildman–Crippen LogP) is 4.99. The maximum absolute atomic E-state index is 14.6. The lowest BCUT2D eigenvalue weighted by Crippen LogP contribution is -2.52. The molecule has 9 nitrogen and oxygen atoms in total. The number of ether oxygens (including phenoxy) is 1. The highest BCUT2D eigenvalue weighted by molar-refractivity contribution is 7.09. The molecule has 200 valence electrons. The molecule has 39 heavy (non-hydrogen) atoms. The molecule has 5 rings (SSSR count). The first-order valence-corrected chi connectivity index (χ1v) is 13.4. The third kappa shape index (κ3) is 4.54. The van der Waals surface area contributed by atoms with Gasteiger partial charge in [0.05, 0.1) is 24.5 Å². The first kappa shape index (κ1) is 26.4. The molecule has 4 heterocycles. The number of pyridine rings is 1. The molecule has 0 aliphatic carbocycles. The van der Waals surface area contributed by atoms with Crippen LogP contribution in [0.3, 0.4) is 0 Å². The number of nitrogens with zero attached hydrogens (tertiary/aromatic N) is 5. The Morgan fingerprint density at radius 2 is 1.90 bits per heavy atom. The normalized spacial score (nSPS) is 21.1. The third-order valence-corrected chi connectivity index (χ3v) is 8.02. The van der Waals surface area contributed by atoms with Crippen LogP contribution in [0, 0.1) is 0 Å². The van der Waals surface area contributed by atoms with E-state index in [4.69, 9.17) is 4.74 Å². The van der Waals surface area contributed by atoms with Gasteiger partial charge in [0, 0.05) is 47.8 Å². The number of aromatic nitrogens is 4. The molecular weight excluding hydrogens is 514 g/mol. The molecule has 3 aromatic heterocycles. The van der Waals surface area contributed by atoms with Gasteiger partial charge in [0.25, 0.3) is 5.91 Å². The number of amides is 1. The lowest BCUT2D eigenvalue weighted by Gasteiger charge is -2.37. The van der Waals surface area contributed by atoms with Crippen LogP contribution in [0.15, 0.2) is 72.8 Å². The van der Waals surface area contributed by atoms with Crippen LogP contribution < -0.4 is 4.74 Å². The highest BCUT2D eigenvalue weighted by Crippen LogP contribution is 2.56. The lowest BCUT2D eigenvalue weighted by atomic mass is 9.85. The molecule has 0 radical (unpaired) electrons. The van der Waals surface area contributed by atoms with Crippen molar-refractivity contribution in [3.05, 3.63) is 100 Å². The second kappa shape index (κ2) is 10.2. The topological polar surface area (TPSA) is 118 Å². The number of aliphatic carboxylic acids is 1. The number of carboxylic acids is 1. The molecule has 0 bridgehead atoms. The van der Waals surface area contributed by atoms with E-state index >= 15 is 0 Å². The van der Waals surface area contributed by atoms with Gasteiger partial charge < -0.3 is 14.7 Å². The molecule has 1 amide bonds. The molecule has 0 spiro atoms. The van der Waals surface area contributed by atoms with Gasteiger partial charge in [-0.05, 0) is 41.7 Å². The van der Waals surface area contributed by atoms with Crippen LogP contribution in [-0.2, 0) is 15.7 Å². The second-order valence-electron chi connectivity index (χ2n) is 10.5. The first-order valence-electron chi connectivity index (χ1n) is 12.5. The predicted molar refractivity (Wildman–Crippen MR) is 146 cm³/mol. The summed E-state index contributed by atoms with van der Waals surface area (Å²) in [4.78, 5) is 47.1. The minimum atomic E-state index is -1.78. The van der Waals surface area contributed by atoms with Crippen LogP contribution >= 0.6 is 11.3 Å². The number of carbonyl (C=O) groups excluding carboxylic acids is 1. The maximum atomic E-state index is 14.6. The van der Waals surface area contributed by atoms with E-state index in [2.05, 4.69) is 40.7 Å². The van der Waals surface area contributed by atoms with Crippen molar-refractivity contribution in [2.75, 3.05) is 7.11 Å². The maximum Gasteiger partial charge on any atom is 0.336 e. The number of benzene rings is 1.